The highest BCUT2D eigenvalue weighted by Crippen LogP contribution is 2.43. The Balaban J connectivity index is 1.65. The molecule has 2 fully saturated rings. The van der Waals surface area contributed by atoms with E-state index in [1.807, 2.05) is 18.0 Å². The molecule has 1 saturated heterocycles. The number of hydrogen-bond acceptors (Lipinski definition) is 4. The first-order valence-electron chi connectivity index (χ1n) is 10.9. The van der Waals surface area contributed by atoms with E-state index in [2.05, 4.69) is 29.6 Å². The van der Waals surface area contributed by atoms with Gasteiger partial charge >= 0.3 is 0 Å². The lowest BCUT2D eigenvalue weighted by molar-refractivity contribution is -0.180. The van der Waals surface area contributed by atoms with Crippen LogP contribution < -0.4 is 5.32 Å². The van der Waals surface area contributed by atoms with Gasteiger partial charge in [0.1, 0.15) is 5.54 Å². The third kappa shape index (κ3) is 4.84. The summed E-state index contributed by atoms with van der Waals surface area (Å²) in [7, 11) is 3.31. The number of nitrogens with zero attached hydrogens (tertiary/aromatic N) is 1. The molecule has 1 heterocycles. The van der Waals surface area contributed by atoms with Crippen molar-refractivity contribution >= 4 is 6.41 Å². The number of rotatable bonds is 9. The van der Waals surface area contributed by atoms with Crippen LogP contribution in [-0.2, 0) is 14.3 Å². The van der Waals surface area contributed by atoms with Crippen LogP contribution in [0.3, 0.4) is 0 Å². The van der Waals surface area contributed by atoms with Crippen molar-refractivity contribution in [3.8, 4) is 0 Å². The van der Waals surface area contributed by atoms with Crippen molar-refractivity contribution in [2.24, 2.45) is 0 Å². The fourth-order valence-electron chi connectivity index (χ4n) is 5.09. The molecular weight excluding hydrogens is 390 g/mol. The van der Waals surface area contributed by atoms with Gasteiger partial charge in [0.25, 0.3) is 5.92 Å². The smallest absolute Gasteiger partial charge is 0.273 e. The minimum absolute atomic E-state index is 0.0361. The molecule has 0 aromatic heterocycles. The number of piperidine rings is 1. The molecule has 1 N–H and O–H groups in total. The van der Waals surface area contributed by atoms with Gasteiger partial charge < -0.3 is 14.8 Å². The lowest BCUT2D eigenvalue weighted by Crippen LogP contribution is -2.74. The first kappa shape index (κ1) is 23.1. The average molecular weight is 425 g/mol. The summed E-state index contributed by atoms with van der Waals surface area (Å²) in [6.45, 7) is 0.567. The maximum absolute atomic E-state index is 15.1. The van der Waals surface area contributed by atoms with Crippen molar-refractivity contribution in [3.05, 3.63) is 35.9 Å². The second kappa shape index (κ2) is 10.2. The normalized spacial score (nSPS) is 31.9. The van der Waals surface area contributed by atoms with Crippen LogP contribution in [0.2, 0.25) is 0 Å². The molecule has 0 bridgehead atoms. The summed E-state index contributed by atoms with van der Waals surface area (Å²) in [5.41, 5.74) is -0.338. The van der Waals surface area contributed by atoms with Crippen LogP contribution in [0.25, 0.3) is 0 Å². The van der Waals surface area contributed by atoms with Crippen molar-refractivity contribution in [2.45, 2.75) is 68.1 Å². The first-order valence-corrected chi connectivity index (χ1v) is 10.9. The minimum Gasteiger partial charge on any atom is -0.385 e. The number of likely N-dealkylation sites (tertiary alicyclic amines) is 1. The summed E-state index contributed by atoms with van der Waals surface area (Å²) in [4.78, 5) is 13.2. The zero-order chi connectivity index (χ0) is 21.6. The SMILES string of the molecule is COCCC1(NC=O)C(COC2CCC(c3ccccc3)CC2)N(C)CCC1(F)F. The van der Waals surface area contributed by atoms with Crippen LogP contribution in [0.1, 0.15) is 50.0 Å². The third-order valence-electron chi connectivity index (χ3n) is 6.98. The van der Waals surface area contributed by atoms with Gasteiger partial charge in [-0.2, -0.15) is 0 Å². The number of carbonyl (C=O) groups excluding carboxylic acids is 1. The highest BCUT2D eigenvalue weighted by molar-refractivity contribution is 5.49. The van der Waals surface area contributed by atoms with Crippen molar-refractivity contribution < 1.29 is 23.0 Å². The maximum Gasteiger partial charge on any atom is 0.273 e. The Morgan fingerprint density at radius 3 is 2.53 bits per heavy atom. The molecule has 1 aromatic carbocycles. The van der Waals surface area contributed by atoms with E-state index >= 15 is 8.78 Å². The molecule has 0 spiro atoms. The van der Waals surface area contributed by atoms with Gasteiger partial charge in [-0.1, -0.05) is 30.3 Å². The molecule has 0 radical (unpaired) electrons. The molecule has 1 amide bonds. The van der Waals surface area contributed by atoms with Gasteiger partial charge in [-0.25, -0.2) is 8.78 Å². The molecule has 1 saturated carbocycles. The highest BCUT2D eigenvalue weighted by Gasteiger charge is 2.61. The summed E-state index contributed by atoms with van der Waals surface area (Å²) in [5.74, 6) is -2.50. The molecule has 7 heteroatoms. The largest absolute Gasteiger partial charge is 0.385 e. The highest BCUT2D eigenvalue weighted by atomic mass is 19.3. The predicted molar refractivity (Wildman–Crippen MR) is 112 cm³/mol. The molecule has 1 aliphatic carbocycles. The molecular formula is C23H34F2N2O3. The van der Waals surface area contributed by atoms with Crippen LogP contribution in [0.5, 0.6) is 0 Å². The topological polar surface area (TPSA) is 50.8 Å². The summed E-state index contributed by atoms with van der Waals surface area (Å²) in [6.07, 6.45) is 4.09. The van der Waals surface area contributed by atoms with Crippen LogP contribution in [0.15, 0.2) is 30.3 Å². The monoisotopic (exact) mass is 424 g/mol. The Bertz CT molecular complexity index is 668. The molecule has 1 aliphatic heterocycles. The maximum atomic E-state index is 15.1. The third-order valence-corrected chi connectivity index (χ3v) is 6.98. The van der Waals surface area contributed by atoms with Crippen molar-refractivity contribution in [3.63, 3.8) is 0 Å². The quantitative estimate of drug-likeness (QED) is 0.616. The number of alkyl halides is 2. The molecule has 2 atom stereocenters. The second-order valence-corrected chi connectivity index (χ2v) is 8.64. The van der Waals surface area contributed by atoms with E-state index in [4.69, 9.17) is 9.47 Å². The number of likely N-dealkylation sites (N-methyl/N-ethyl adjacent to an activating group) is 1. The number of methoxy groups -OCH3 is 1. The first-order chi connectivity index (χ1) is 14.4. The van der Waals surface area contributed by atoms with Crippen molar-refractivity contribution in [1.82, 2.24) is 10.2 Å². The molecule has 2 aliphatic rings. The standard InChI is InChI=1S/C23H34F2N2O3/c1-27-14-12-23(24,25)22(26-17-28,13-15-29-2)21(27)16-30-20-10-8-19(9-11-20)18-6-4-3-5-7-18/h3-7,17,19-21H,8-16H2,1-2H3,(H,26,28). The molecule has 1 aromatic rings. The zero-order valence-electron chi connectivity index (χ0n) is 18.0. The zero-order valence-corrected chi connectivity index (χ0v) is 18.0. The average Bonchev–Trinajstić information content (AvgIpc) is 2.76. The van der Waals surface area contributed by atoms with E-state index in [0.717, 1.165) is 25.7 Å². The van der Waals surface area contributed by atoms with Gasteiger partial charge in [0.15, 0.2) is 0 Å². The van der Waals surface area contributed by atoms with E-state index in [1.54, 1.807) is 0 Å². The molecule has 3 rings (SSSR count). The van der Waals surface area contributed by atoms with Gasteiger partial charge in [-0.3, -0.25) is 9.69 Å². The molecule has 30 heavy (non-hydrogen) atoms. The van der Waals surface area contributed by atoms with Crippen LogP contribution in [0.4, 0.5) is 8.78 Å². The van der Waals surface area contributed by atoms with Crippen molar-refractivity contribution in [1.29, 1.82) is 0 Å². The van der Waals surface area contributed by atoms with Crippen LogP contribution in [0, 0.1) is 0 Å². The number of carbonyl (C=O) groups is 1. The Morgan fingerprint density at radius 2 is 1.90 bits per heavy atom. The molecule has 2 unspecified atom stereocenters. The lowest BCUT2D eigenvalue weighted by atomic mass is 9.75. The van der Waals surface area contributed by atoms with E-state index in [-0.39, 0.29) is 38.7 Å². The van der Waals surface area contributed by atoms with Gasteiger partial charge in [0, 0.05) is 33.1 Å². The number of benzene rings is 1. The predicted octanol–water partition coefficient (Wildman–Crippen LogP) is 3.59. The van der Waals surface area contributed by atoms with E-state index in [1.165, 1.54) is 12.7 Å². The van der Waals surface area contributed by atoms with Gasteiger partial charge in [-0.15, -0.1) is 0 Å². The van der Waals surface area contributed by atoms with E-state index in [0.29, 0.717) is 12.3 Å². The minimum atomic E-state index is -3.03. The van der Waals surface area contributed by atoms with Gasteiger partial charge in [0.2, 0.25) is 6.41 Å². The van der Waals surface area contributed by atoms with Gasteiger partial charge in [0.05, 0.1) is 18.8 Å². The number of halogens is 2. The lowest BCUT2D eigenvalue weighted by Gasteiger charge is -2.52. The second-order valence-electron chi connectivity index (χ2n) is 8.64. The van der Waals surface area contributed by atoms with E-state index < -0.39 is 17.5 Å². The summed E-state index contributed by atoms with van der Waals surface area (Å²) >= 11 is 0. The number of hydrogen-bond donors (Lipinski definition) is 1. The molecule has 5 nitrogen and oxygen atoms in total. The Morgan fingerprint density at radius 1 is 1.20 bits per heavy atom. The van der Waals surface area contributed by atoms with Crippen molar-refractivity contribution in [2.75, 3.05) is 33.9 Å². The molecule has 168 valence electrons. The Labute approximate surface area is 178 Å². The Kier molecular flexibility index (Phi) is 7.82. The number of amides is 1. The fourth-order valence-corrected chi connectivity index (χ4v) is 5.09. The number of ether oxygens (including phenoxy) is 2. The van der Waals surface area contributed by atoms with Crippen LogP contribution in [-0.4, -0.2) is 68.8 Å². The van der Waals surface area contributed by atoms with E-state index in [9.17, 15) is 4.79 Å². The number of nitrogens with one attached hydrogen (secondary N) is 1. The van der Waals surface area contributed by atoms with Crippen LogP contribution >= 0.6 is 0 Å². The Hall–Kier alpha value is -1.57. The summed E-state index contributed by atoms with van der Waals surface area (Å²) in [6, 6.07) is 9.87. The summed E-state index contributed by atoms with van der Waals surface area (Å²) < 4.78 is 41.5. The summed E-state index contributed by atoms with van der Waals surface area (Å²) in [5, 5.41) is 2.49. The fraction of sp³-hybridized carbons (Fsp3) is 0.696. The van der Waals surface area contributed by atoms with Gasteiger partial charge in [-0.05, 0) is 44.2 Å².